The van der Waals surface area contributed by atoms with E-state index in [-0.39, 0.29) is 23.4 Å². The van der Waals surface area contributed by atoms with E-state index in [1.807, 2.05) is 51.2 Å². The number of aromatic nitrogens is 2. The van der Waals surface area contributed by atoms with E-state index < -0.39 is 0 Å². The standard InChI is InChI=1S/C22H23Cl2N3O2/c1-12(2)20-21(28)27(22(29)25-20)19-7-5-4-6-14(19)16-10-26(3)11-17-15(16)8-13(23)9-18(17)24/h4-9,12,16,28H,10-11H2,1-3H3,(H,25,29). The largest absolute Gasteiger partial charge is 0.493 e. The van der Waals surface area contributed by atoms with Crippen LogP contribution >= 0.6 is 23.2 Å². The molecule has 2 heterocycles. The number of fused-ring (bicyclic) bond motifs is 1. The second kappa shape index (κ2) is 7.56. The lowest BCUT2D eigenvalue weighted by Crippen LogP contribution is -2.32. The number of para-hydroxylation sites is 1. The number of halogens is 2. The molecule has 0 spiro atoms. The molecule has 7 heteroatoms. The minimum Gasteiger partial charge on any atom is -0.493 e. The molecule has 1 atom stereocenters. The van der Waals surface area contributed by atoms with Crippen molar-refractivity contribution in [2.45, 2.75) is 32.2 Å². The first-order valence-electron chi connectivity index (χ1n) is 9.57. The van der Waals surface area contributed by atoms with Crippen LogP contribution in [0, 0.1) is 0 Å². The van der Waals surface area contributed by atoms with E-state index in [0.29, 0.717) is 21.4 Å². The number of hydrogen-bond acceptors (Lipinski definition) is 3. The van der Waals surface area contributed by atoms with Crippen molar-refractivity contribution in [2.24, 2.45) is 0 Å². The number of H-pyrrole nitrogens is 1. The van der Waals surface area contributed by atoms with Gasteiger partial charge in [-0.2, -0.15) is 0 Å². The first kappa shape index (κ1) is 20.1. The Kier molecular flexibility index (Phi) is 5.23. The molecule has 0 saturated carbocycles. The molecule has 1 aromatic heterocycles. The Morgan fingerprint density at radius 3 is 2.59 bits per heavy atom. The molecule has 2 aromatic carbocycles. The van der Waals surface area contributed by atoms with Crippen molar-refractivity contribution in [3.05, 3.63) is 79.3 Å². The zero-order valence-corrected chi connectivity index (χ0v) is 18.1. The minimum atomic E-state index is -0.354. The summed E-state index contributed by atoms with van der Waals surface area (Å²) >= 11 is 12.8. The first-order chi connectivity index (χ1) is 13.8. The van der Waals surface area contributed by atoms with Gasteiger partial charge in [-0.25, -0.2) is 9.36 Å². The van der Waals surface area contributed by atoms with Crippen molar-refractivity contribution in [3.8, 4) is 11.6 Å². The number of nitrogens with zero attached hydrogens (tertiary/aromatic N) is 2. The molecule has 1 aliphatic rings. The second-order valence-corrected chi connectivity index (χ2v) is 8.76. The highest BCUT2D eigenvalue weighted by Gasteiger charge is 2.30. The van der Waals surface area contributed by atoms with E-state index in [4.69, 9.17) is 23.2 Å². The van der Waals surface area contributed by atoms with E-state index >= 15 is 0 Å². The lowest BCUT2D eigenvalue weighted by atomic mass is 9.84. The summed E-state index contributed by atoms with van der Waals surface area (Å²) < 4.78 is 1.35. The molecule has 0 fully saturated rings. The van der Waals surface area contributed by atoms with Gasteiger partial charge in [0.15, 0.2) is 0 Å². The van der Waals surface area contributed by atoms with Gasteiger partial charge >= 0.3 is 5.69 Å². The molecule has 0 saturated heterocycles. The Morgan fingerprint density at radius 1 is 1.17 bits per heavy atom. The van der Waals surface area contributed by atoms with Gasteiger partial charge in [0.2, 0.25) is 5.88 Å². The molecule has 0 aliphatic carbocycles. The van der Waals surface area contributed by atoms with Gasteiger partial charge in [0.05, 0.1) is 11.4 Å². The first-order valence-corrected chi connectivity index (χ1v) is 10.3. The Hall–Kier alpha value is -2.21. The highest BCUT2D eigenvalue weighted by Crippen LogP contribution is 2.40. The molecule has 152 valence electrons. The zero-order valence-electron chi connectivity index (χ0n) is 16.5. The van der Waals surface area contributed by atoms with Gasteiger partial charge in [-0.05, 0) is 47.9 Å². The van der Waals surface area contributed by atoms with Crippen LogP contribution in [0.3, 0.4) is 0 Å². The number of aromatic amines is 1. The summed E-state index contributed by atoms with van der Waals surface area (Å²) in [5, 5.41) is 12.0. The van der Waals surface area contributed by atoms with Gasteiger partial charge in [0.1, 0.15) is 0 Å². The lowest BCUT2D eigenvalue weighted by Gasteiger charge is -2.34. The Balaban J connectivity index is 1.94. The predicted octanol–water partition coefficient (Wildman–Crippen LogP) is 4.88. The van der Waals surface area contributed by atoms with E-state index in [1.54, 1.807) is 6.07 Å². The molecular weight excluding hydrogens is 409 g/mol. The summed E-state index contributed by atoms with van der Waals surface area (Å²) in [7, 11) is 2.04. The molecule has 2 N–H and O–H groups in total. The zero-order chi connectivity index (χ0) is 20.9. The third-order valence-electron chi connectivity index (χ3n) is 5.52. The SMILES string of the molecule is CC(C)c1[nH]c(=O)n(-c2ccccc2C2CN(C)Cc3c(Cl)cc(Cl)cc32)c1O. The normalized spacial score (nSPS) is 17.0. The van der Waals surface area contributed by atoms with E-state index in [2.05, 4.69) is 9.88 Å². The van der Waals surface area contributed by atoms with Crippen LogP contribution in [0.5, 0.6) is 5.88 Å². The number of benzene rings is 2. The number of hydrogen-bond donors (Lipinski definition) is 2. The van der Waals surface area contributed by atoms with Gasteiger partial charge < -0.3 is 15.0 Å². The van der Waals surface area contributed by atoms with Crippen LogP contribution in [-0.4, -0.2) is 33.1 Å². The van der Waals surface area contributed by atoms with Crippen molar-refractivity contribution in [3.63, 3.8) is 0 Å². The van der Waals surface area contributed by atoms with E-state index in [9.17, 15) is 9.90 Å². The summed E-state index contributed by atoms with van der Waals surface area (Å²) in [6, 6.07) is 11.4. The summed E-state index contributed by atoms with van der Waals surface area (Å²) in [5.41, 5.74) is 3.85. The fraction of sp³-hybridized carbons (Fsp3) is 0.318. The van der Waals surface area contributed by atoms with Crippen molar-refractivity contribution in [1.82, 2.24) is 14.5 Å². The van der Waals surface area contributed by atoms with Gasteiger partial charge in [-0.1, -0.05) is 55.2 Å². The molecule has 0 amide bonds. The van der Waals surface area contributed by atoms with Crippen LogP contribution in [0.15, 0.2) is 41.2 Å². The van der Waals surface area contributed by atoms with Gasteiger partial charge in [-0.15, -0.1) is 0 Å². The Bertz CT molecular complexity index is 1130. The Labute approximate surface area is 179 Å². The van der Waals surface area contributed by atoms with E-state index in [0.717, 1.165) is 29.8 Å². The van der Waals surface area contributed by atoms with Crippen LogP contribution in [-0.2, 0) is 6.54 Å². The average Bonchev–Trinajstić information content (AvgIpc) is 2.96. The fourth-order valence-corrected chi connectivity index (χ4v) is 4.74. The monoisotopic (exact) mass is 431 g/mol. The number of aromatic hydroxyl groups is 1. The van der Waals surface area contributed by atoms with Crippen LogP contribution in [0.1, 0.15) is 48.1 Å². The summed E-state index contributed by atoms with van der Waals surface area (Å²) in [6.07, 6.45) is 0. The van der Waals surface area contributed by atoms with Crippen LogP contribution in [0.25, 0.3) is 5.69 Å². The maximum absolute atomic E-state index is 12.7. The molecule has 29 heavy (non-hydrogen) atoms. The minimum absolute atomic E-state index is 0.00438. The van der Waals surface area contributed by atoms with Crippen molar-refractivity contribution in [1.29, 1.82) is 0 Å². The van der Waals surface area contributed by atoms with Crippen LogP contribution in [0.2, 0.25) is 10.0 Å². The topological polar surface area (TPSA) is 61.3 Å². The second-order valence-electron chi connectivity index (χ2n) is 7.92. The molecule has 1 unspecified atom stereocenters. The van der Waals surface area contributed by atoms with Gasteiger partial charge in [0, 0.05) is 29.1 Å². The maximum atomic E-state index is 12.7. The molecule has 4 rings (SSSR count). The molecule has 0 bridgehead atoms. The smallest absolute Gasteiger partial charge is 0.333 e. The number of imidazole rings is 1. The highest BCUT2D eigenvalue weighted by molar-refractivity contribution is 6.35. The lowest BCUT2D eigenvalue weighted by molar-refractivity contribution is 0.295. The number of rotatable bonds is 3. The summed E-state index contributed by atoms with van der Waals surface area (Å²) in [6.45, 7) is 5.34. The Morgan fingerprint density at radius 2 is 1.90 bits per heavy atom. The third kappa shape index (κ3) is 3.48. The maximum Gasteiger partial charge on any atom is 0.333 e. The third-order valence-corrected chi connectivity index (χ3v) is 6.08. The van der Waals surface area contributed by atoms with Crippen LogP contribution in [0.4, 0.5) is 0 Å². The molecular formula is C22H23Cl2N3O2. The van der Waals surface area contributed by atoms with Gasteiger partial charge in [0.25, 0.3) is 0 Å². The molecule has 5 nitrogen and oxygen atoms in total. The van der Waals surface area contributed by atoms with Crippen molar-refractivity contribution >= 4 is 23.2 Å². The predicted molar refractivity (Wildman–Crippen MR) is 117 cm³/mol. The fourth-order valence-electron chi connectivity index (χ4n) is 4.17. The van der Waals surface area contributed by atoms with Gasteiger partial charge in [-0.3, -0.25) is 0 Å². The van der Waals surface area contributed by atoms with E-state index in [1.165, 1.54) is 4.57 Å². The number of nitrogens with one attached hydrogen (secondary N) is 1. The highest BCUT2D eigenvalue weighted by atomic mass is 35.5. The van der Waals surface area contributed by atoms with Crippen LogP contribution < -0.4 is 5.69 Å². The summed E-state index contributed by atoms with van der Waals surface area (Å²) in [5.74, 6) is -0.0962. The summed E-state index contributed by atoms with van der Waals surface area (Å²) in [4.78, 5) is 17.7. The number of likely N-dealkylation sites (N-methyl/N-ethyl adjacent to an activating group) is 1. The molecule has 1 aliphatic heterocycles. The van der Waals surface area contributed by atoms with Crippen molar-refractivity contribution < 1.29 is 5.11 Å². The quantitative estimate of drug-likeness (QED) is 0.620. The van der Waals surface area contributed by atoms with Crippen molar-refractivity contribution in [2.75, 3.05) is 13.6 Å². The molecule has 3 aromatic rings. The molecule has 0 radical (unpaired) electrons. The average molecular weight is 432 g/mol.